The van der Waals surface area contributed by atoms with Crippen molar-refractivity contribution in [1.82, 2.24) is 9.55 Å². The van der Waals surface area contributed by atoms with E-state index in [2.05, 4.69) is 4.98 Å². The molecule has 0 fully saturated rings. The lowest BCUT2D eigenvalue weighted by Gasteiger charge is -2.27. The molecule has 0 aliphatic rings. The molecule has 1 heterocycles. The molecule has 1 aromatic carbocycles. The minimum absolute atomic E-state index is 0.0734. The minimum atomic E-state index is -1.01. The van der Waals surface area contributed by atoms with E-state index in [1.165, 1.54) is 12.1 Å². The molecule has 2 aromatic rings. The van der Waals surface area contributed by atoms with Crippen LogP contribution in [0.2, 0.25) is 0 Å². The molecule has 0 atom stereocenters. The first kappa shape index (κ1) is 15.0. The topological polar surface area (TPSA) is 98.2 Å². The summed E-state index contributed by atoms with van der Waals surface area (Å²) in [6.45, 7) is 7.39. The van der Waals surface area contributed by atoms with Gasteiger partial charge in [-0.15, -0.1) is 0 Å². The molecule has 6 heteroatoms. The van der Waals surface area contributed by atoms with E-state index in [1.54, 1.807) is 24.5 Å². The molecule has 0 aliphatic carbocycles. The predicted molar refractivity (Wildman–Crippen MR) is 79.3 cm³/mol. The molecule has 1 amide bonds. The van der Waals surface area contributed by atoms with Crippen molar-refractivity contribution in [1.29, 1.82) is 0 Å². The number of benzene rings is 1. The highest BCUT2D eigenvalue weighted by Crippen LogP contribution is 2.29. The number of hydrogen-bond acceptors (Lipinski definition) is 3. The molecule has 1 aromatic heterocycles. The fourth-order valence-corrected chi connectivity index (χ4v) is 2.32. The van der Waals surface area contributed by atoms with Crippen molar-refractivity contribution in [2.45, 2.75) is 39.2 Å². The van der Waals surface area contributed by atoms with Crippen LogP contribution in [0.25, 0.3) is 11.0 Å². The van der Waals surface area contributed by atoms with Gasteiger partial charge in [-0.1, -0.05) is 13.8 Å². The van der Waals surface area contributed by atoms with Crippen LogP contribution in [0.4, 0.5) is 0 Å². The van der Waals surface area contributed by atoms with Crippen LogP contribution in [0.5, 0.6) is 0 Å². The molecule has 21 heavy (non-hydrogen) atoms. The SMILES string of the molecule is CC(C)c1nc2cc(C(=O)O)ccc2n1C(C)(C)C(N)=O. The van der Waals surface area contributed by atoms with E-state index < -0.39 is 17.4 Å². The third-order valence-corrected chi connectivity index (χ3v) is 3.61. The Labute approximate surface area is 122 Å². The first-order valence-electron chi connectivity index (χ1n) is 6.72. The summed E-state index contributed by atoms with van der Waals surface area (Å²) in [5.74, 6) is -0.696. The van der Waals surface area contributed by atoms with Crippen LogP contribution >= 0.6 is 0 Å². The number of fused-ring (bicyclic) bond motifs is 1. The summed E-state index contributed by atoms with van der Waals surface area (Å²) in [6.07, 6.45) is 0. The molecule has 0 unspecified atom stereocenters. The Bertz CT molecular complexity index is 729. The number of carboxylic acid groups (broad SMARTS) is 1. The van der Waals surface area contributed by atoms with Crippen molar-refractivity contribution in [3.63, 3.8) is 0 Å². The van der Waals surface area contributed by atoms with Gasteiger partial charge in [-0.2, -0.15) is 0 Å². The Hall–Kier alpha value is -2.37. The summed E-state index contributed by atoms with van der Waals surface area (Å²) < 4.78 is 1.79. The summed E-state index contributed by atoms with van der Waals surface area (Å²) in [4.78, 5) is 27.4. The first-order valence-corrected chi connectivity index (χ1v) is 6.72. The largest absolute Gasteiger partial charge is 0.478 e. The molecule has 0 saturated carbocycles. The molecule has 0 bridgehead atoms. The van der Waals surface area contributed by atoms with E-state index in [4.69, 9.17) is 10.8 Å². The summed E-state index contributed by atoms with van der Waals surface area (Å²) in [6, 6.07) is 4.68. The number of rotatable bonds is 4. The molecule has 3 N–H and O–H groups in total. The van der Waals surface area contributed by atoms with E-state index in [9.17, 15) is 9.59 Å². The molecule has 0 aliphatic heterocycles. The first-order chi connectivity index (χ1) is 9.66. The van der Waals surface area contributed by atoms with Crippen LogP contribution in [-0.2, 0) is 10.3 Å². The van der Waals surface area contributed by atoms with Gasteiger partial charge >= 0.3 is 5.97 Å². The monoisotopic (exact) mass is 289 g/mol. The van der Waals surface area contributed by atoms with Gasteiger partial charge in [0.25, 0.3) is 0 Å². The van der Waals surface area contributed by atoms with E-state index in [0.29, 0.717) is 16.9 Å². The normalized spacial score (nSPS) is 12.0. The highest BCUT2D eigenvalue weighted by molar-refractivity contribution is 5.93. The molecule has 2 rings (SSSR count). The molecule has 0 radical (unpaired) electrons. The Balaban J connectivity index is 2.81. The summed E-state index contributed by atoms with van der Waals surface area (Å²) >= 11 is 0. The second kappa shape index (κ2) is 4.87. The van der Waals surface area contributed by atoms with Gasteiger partial charge in [0.1, 0.15) is 11.4 Å². The summed E-state index contributed by atoms with van der Waals surface area (Å²) in [7, 11) is 0. The molecular formula is C15H19N3O3. The van der Waals surface area contributed by atoms with Crippen LogP contribution in [0, 0.1) is 0 Å². The quantitative estimate of drug-likeness (QED) is 0.900. The fraction of sp³-hybridized carbons (Fsp3) is 0.400. The number of nitrogens with two attached hydrogens (primary N) is 1. The Kier molecular flexibility index (Phi) is 3.49. The summed E-state index contributed by atoms with van der Waals surface area (Å²) in [5, 5.41) is 9.07. The predicted octanol–water partition coefficient (Wildman–Crippen LogP) is 2.08. The number of hydrogen-bond donors (Lipinski definition) is 2. The van der Waals surface area contributed by atoms with Gasteiger partial charge in [-0.05, 0) is 32.0 Å². The zero-order chi connectivity index (χ0) is 15.9. The van der Waals surface area contributed by atoms with E-state index >= 15 is 0 Å². The highest BCUT2D eigenvalue weighted by atomic mass is 16.4. The van der Waals surface area contributed by atoms with Crippen molar-refractivity contribution in [3.8, 4) is 0 Å². The second-order valence-electron chi connectivity index (χ2n) is 5.89. The van der Waals surface area contributed by atoms with Crippen LogP contribution in [-0.4, -0.2) is 26.5 Å². The molecular weight excluding hydrogens is 270 g/mol. The number of carboxylic acids is 1. The van der Waals surface area contributed by atoms with Crippen molar-refractivity contribution in [3.05, 3.63) is 29.6 Å². The Morgan fingerprint density at radius 2 is 1.95 bits per heavy atom. The third kappa shape index (κ3) is 2.37. The van der Waals surface area contributed by atoms with Gasteiger partial charge in [-0.3, -0.25) is 4.79 Å². The minimum Gasteiger partial charge on any atom is -0.478 e. The molecule has 0 spiro atoms. The third-order valence-electron chi connectivity index (χ3n) is 3.61. The lowest BCUT2D eigenvalue weighted by Crippen LogP contribution is -2.42. The number of imidazole rings is 1. The van der Waals surface area contributed by atoms with Gasteiger partial charge in [0.05, 0.1) is 16.6 Å². The number of primary amides is 1. The van der Waals surface area contributed by atoms with Crippen molar-refractivity contribution >= 4 is 22.9 Å². The fourth-order valence-electron chi connectivity index (χ4n) is 2.32. The van der Waals surface area contributed by atoms with Gasteiger partial charge < -0.3 is 15.4 Å². The average Bonchev–Trinajstić information content (AvgIpc) is 2.77. The number of amides is 1. The van der Waals surface area contributed by atoms with Crippen molar-refractivity contribution < 1.29 is 14.7 Å². The van der Waals surface area contributed by atoms with Crippen LogP contribution < -0.4 is 5.73 Å². The smallest absolute Gasteiger partial charge is 0.335 e. The maximum atomic E-state index is 11.8. The van der Waals surface area contributed by atoms with E-state index in [1.807, 2.05) is 13.8 Å². The van der Waals surface area contributed by atoms with Gasteiger partial charge in [0, 0.05) is 5.92 Å². The Morgan fingerprint density at radius 3 is 2.43 bits per heavy atom. The zero-order valence-corrected chi connectivity index (χ0v) is 12.5. The molecule has 6 nitrogen and oxygen atoms in total. The second-order valence-corrected chi connectivity index (χ2v) is 5.89. The van der Waals surface area contributed by atoms with Crippen LogP contribution in [0.15, 0.2) is 18.2 Å². The Morgan fingerprint density at radius 1 is 1.33 bits per heavy atom. The highest BCUT2D eigenvalue weighted by Gasteiger charge is 2.32. The molecule has 0 saturated heterocycles. The van der Waals surface area contributed by atoms with Crippen LogP contribution in [0.1, 0.15) is 49.8 Å². The maximum Gasteiger partial charge on any atom is 0.335 e. The number of nitrogens with zero attached hydrogens (tertiary/aromatic N) is 2. The number of aromatic carboxylic acids is 1. The van der Waals surface area contributed by atoms with E-state index in [-0.39, 0.29) is 11.5 Å². The van der Waals surface area contributed by atoms with Crippen molar-refractivity contribution in [2.75, 3.05) is 0 Å². The van der Waals surface area contributed by atoms with Gasteiger partial charge in [0.15, 0.2) is 0 Å². The zero-order valence-electron chi connectivity index (χ0n) is 12.5. The molecule has 112 valence electrons. The standard InChI is InChI=1S/C15H19N3O3/c1-8(2)12-17-10-7-9(13(19)20)5-6-11(10)18(12)15(3,4)14(16)21/h5-8H,1-4H3,(H2,16,21)(H,19,20). The lowest BCUT2D eigenvalue weighted by molar-refractivity contribution is -0.125. The van der Waals surface area contributed by atoms with Crippen LogP contribution in [0.3, 0.4) is 0 Å². The maximum absolute atomic E-state index is 11.8. The lowest BCUT2D eigenvalue weighted by atomic mass is 10.0. The number of aromatic nitrogens is 2. The van der Waals surface area contributed by atoms with E-state index in [0.717, 1.165) is 0 Å². The van der Waals surface area contributed by atoms with Crippen molar-refractivity contribution in [2.24, 2.45) is 5.73 Å². The number of carbonyl (C=O) groups is 2. The average molecular weight is 289 g/mol. The van der Waals surface area contributed by atoms with Gasteiger partial charge in [0.2, 0.25) is 5.91 Å². The van der Waals surface area contributed by atoms with Gasteiger partial charge in [-0.25, -0.2) is 9.78 Å². The number of carbonyl (C=O) groups excluding carboxylic acids is 1. The summed E-state index contributed by atoms with van der Waals surface area (Å²) in [5.41, 5.74) is 5.99.